The number of ether oxygens (including phenoxy) is 2. The number of aromatic nitrogens is 2. The first-order chi connectivity index (χ1) is 11.1. The third kappa shape index (κ3) is 2.83. The van der Waals surface area contributed by atoms with E-state index in [9.17, 15) is 9.59 Å². The number of fused-ring (bicyclic) bond motifs is 1. The maximum Gasteiger partial charge on any atom is 0.325 e. The van der Waals surface area contributed by atoms with E-state index in [4.69, 9.17) is 4.74 Å². The fourth-order valence-electron chi connectivity index (χ4n) is 2.23. The Bertz CT molecular complexity index is 912. The molecule has 7 heteroatoms. The van der Waals surface area contributed by atoms with Crippen LogP contribution in [0.4, 0.5) is 0 Å². The Kier molecular flexibility index (Phi) is 4.12. The van der Waals surface area contributed by atoms with Gasteiger partial charge >= 0.3 is 5.97 Å². The SMILES string of the molecule is COC(=O)Cn1cnc2c(-c3ccc(OC)cc3)csc2c1=O. The second kappa shape index (κ2) is 6.21. The fraction of sp³-hybridized carbons (Fsp3) is 0.188. The molecule has 0 saturated heterocycles. The monoisotopic (exact) mass is 330 g/mol. The van der Waals surface area contributed by atoms with Gasteiger partial charge in [-0.05, 0) is 17.7 Å². The van der Waals surface area contributed by atoms with Crippen LogP contribution in [-0.2, 0) is 16.1 Å². The van der Waals surface area contributed by atoms with Crippen LogP contribution in [0.25, 0.3) is 21.3 Å². The molecule has 0 N–H and O–H groups in total. The van der Waals surface area contributed by atoms with Crippen molar-refractivity contribution in [2.24, 2.45) is 0 Å². The Hall–Kier alpha value is -2.67. The van der Waals surface area contributed by atoms with Gasteiger partial charge in [0.2, 0.25) is 0 Å². The van der Waals surface area contributed by atoms with Crippen molar-refractivity contribution >= 4 is 27.5 Å². The van der Waals surface area contributed by atoms with Gasteiger partial charge < -0.3 is 9.47 Å². The predicted molar refractivity (Wildman–Crippen MR) is 87.9 cm³/mol. The minimum Gasteiger partial charge on any atom is -0.497 e. The second-order valence-corrected chi connectivity index (χ2v) is 5.69. The minimum absolute atomic E-state index is 0.145. The summed E-state index contributed by atoms with van der Waals surface area (Å²) in [5.41, 5.74) is 2.22. The van der Waals surface area contributed by atoms with Crippen molar-refractivity contribution in [3.8, 4) is 16.9 Å². The number of hydrogen-bond donors (Lipinski definition) is 0. The van der Waals surface area contributed by atoms with Gasteiger partial charge in [0, 0.05) is 10.9 Å². The number of thiophene rings is 1. The highest BCUT2D eigenvalue weighted by atomic mass is 32.1. The summed E-state index contributed by atoms with van der Waals surface area (Å²) >= 11 is 1.32. The highest BCUT2D eigenvalue weighted by Crippen LogP contribution is 2.31. The van der Waals surface area contributed by atoms with Crippen molar-refractivity contribution in [2.75, 3.05) is 14.2 Å². The maximum atomic E-state index is 12.4. The first-order valence-corrected chi connectivity index (χ1v) is 7.70. The summed E-state index contributed by atoms with van der Waals surface area (Å²) in [4.78, 5) is 28.1. The zero-order chi connectivity index (χ0) is 16.4. The summed E-state index contributed by atoms with van der Waals surface area (Å²) in [5, 5.41) is 1.89. The summed E-state index contributed by atoms with van der Waals surface area (Å²) in [7, 11) is 2.90. The lowest BCUT2D eigenvalue weighted by atomic mass is 10.1. The van der Waals surface area contributed by atoms with Crippen LogP contribution >= 0.6 is 11.3 Å². The molecule has 0 spiro atoms. The van der Waals surface area contributed by atoms with E-state index in [0.717, 1.165) is 16.9 Å². The van der Waals surface area contributed by atoms with Gasteiger partial charge in [0.25, 0.3) is 5.56 Å². The van der Waals surface area contributed by atoms with Crippen LogP contribution in [0.2, 0.25) is 0 Å². The molecule has 0 aliphatic carbocycles. The van der Waals surface area contributed by atoms with Crippen LogP contribution in [0.15, 0.2) is 40.8 Å². The molecule has 2 heterocycles. The lowest BCUT2D eigenvalue weighted by molar-refractivity contribution is -0.141. The molecule has 118 valence electrons. The molecule has 3 aromatic rings. The smallest absolute Gasteiger partial charge is 0.325 e. The van der Waals surface area contributed by atoms with Crippen molar-refractivity contribution in [1.29, 1.82) is 0 Å². The number of carbonyl (C=O) groups excluding carboxylic acids is 1. The maximum absolute atomic E-state index is 12.4. The van der Waals surface area contributed by atoms with E-state index in [1.54, 1.807) is 7.11 Å². The van der Waals surface area contributed by atoms with Crippen molar-refractivity contribution in [3.05, 3.63) is 46.3 Å². The van der Waals surface area contributed by atoms with Crippen LogP contribution < -0.4 is 10.3 Å². The number of rotatable bonds is 4. The van der Waals surface area contributed by atoms with E-state index < -0.39 is 5.97 Å². The highest BCUT2D eigenvalue weighted by Gasteiger charge is 2.14. The summed E-state index contributed by atoms with van der Waals surface area (Å²) in [6.45, 7) is -0.145. The largest absolute Gasteiger partial charge is 0.497 e. The lowest BCUT2D eigenvalue weighted by Gasteiger charge is -2.05. The summed E-state index contributed by atoms with van der Waals surface area (Å²) < 4.78 is 11.5. The third-order valence-corrected chi connectivity index (χ3v) is 4.43. The molecule has 0 unspecified atom stereocenters. The van der Waals surface area contributed by atoms with Crippen LogP contribution in [0.3, 0.4) is 0 Å². The number of benzene rings is 1. The Morgan fingerprint density at radius 2 is 2.00 bits per heavy atom. The molecular weight excluding hydrogens is 316 g/mol. The van der Waals surface area contributed by atoms with Crippen LogP contribution in [-0.4, -0.2) is 29.7 Å². The fourth-order valence-corrected chi connectivity index (χ4v) is 3.21. The van der Waals surface area contributed by atoms with Crippen molar-refractivity contribution < 1.29 is 14.3 Å². The number of esters is 1. The van der Waals surface area contributed by atoms with Crippen molar-refractivity contribution in [2.45, 2.75) is 6.54 Å². The average Bonchev–Trinajstić information content (AvgIpc) is 3.02. The highest BCUT2D eigenvalue weighted by molar-refractivity contribution is 7.17. The van der Waals surface area contributed by atoms with E-state index in [1.165, 1.54) is 29.3 Å². The van der Waals surface area contributed by atoms with Gasteiger partial charge in [0.1, 0.15) is 17.0 Å². The van der Waals surface area contributed by atoms with Gasteiger partial charge in [-0.25, -0.2) is 4.98 Å². The van der Waals surface area contributed by atoms with E-state index in [0.29, 0.717) is 10.2 Å². The van der Waals surface area contributed by atoms with Crippen LogP contribution in [0.1, 0.15) is 0 Å². The van der Waals surface area contributed by atoms with E-state index >= 15 is 0 Å². The average molecular weight is 330 g/mol. The van der Waals surface area contributed by atoms with Gasteiger partial charge in [-0.15, -0.1) is 11.3 Å². The normalized spacial score (nSPS) is 10.7. The number of methoxy groups -OCH3 is 2. The molecule has 3 rings (SSSR count). The Morgan fingerprint density at radius 3 is 2.65 bits per heavy atom. The van der Waals surface area contributed by atoms with E-state index in [-0.39, 0.29) is 12.1 Å². The molecule has 1 aromatic carbocycles. The molecule has 23 heavy (non-hydrogen) atoms. The molecule has 0 bridgehead atoms. The first kappa shape index (κ1) is 15.2. The van der Waals surface area contributed by atoms with Gasteiger partial charge in [0.05, 0.1) is 26.1 Å². The summed E-state index contributed by atoms with van der Waals surface area (Å²) in [6.07, 6.45) is 1.38. The Labute approximate surface area is 135 Å². The van der Waals surface area contributed by atoms with E-state index in [1.807, 2.05) is 29.6 Å². The van der Waals surface area contributed by atoms with Crippen LogP contribution in [0, 0.1) is 0 Å². The molecule has 0 saturated carbocycles. The summed E-state index contributed by atoms with van der Waals surface area (Å²) in [5.74, 6) is 0.280. The first-order valence-electron chi connectivity index (χ1n) is 6.82. The molecule has 0 fully saturated rings. The van der Waals surface area contributed by atoms with Gasteiger partial charge in [0.15, 0.2) is 0 Å². The van der Waals surface area contributed by atoms with Crippen molar-refractivity contribution in [1.82, 2.24) is 9.55 Å². The van der Waals surface area contributed by atoms with Crippen molar-refractivity contribution in [3.63, 3.8) is 0 Å². The number of hydrogen-bond acceptors (Lipinski definition) is 6. The molecule has 6 nitrogen and oxygen atoms in total. The zero-order valence-electron chi connectivity index (χ0n) is 12.6. The van der Waals surface area contributed by atoms with Gasteiger partial charge in [-0.1, -0.05) is 12.1 Å². The Morgan fingerprint density at radius 1 is 1.26 bits per heavy atom. The van der Waals surface area contributed by atoms with Crippen LogP contribution in [0.5, 0.6) is 5.75 Å². The zero-order valence-corrected chi connectivity index (χ0v) is 13.4. The molecule has 0 aliphatic rings. The van der Waals surface area contributed by atoms with E-state index in [2.05, 4.69) is 9.72 Å². The number of nitrogens with zero attached hydrogens (tertiary/aromatic N) is 2. The standard InChI is InChI=1S/C16H14N2O4S/c1-21-11-5-3-10(4-6-11)12-8-23-15-14(12)17-9-18(16(15)20)7-13(19)22-2/h3-6,8-9H,7H2,1-2H3. The second-order valence-electron chi connectivity index (χ2n) is 4.81. The minimum atomic E-state index is -0.486. The molecule has 0 atom stereocenters. The third-order valence-electron chi connectivity index (χ3n) is 3.47. The molecule has 0 radical (unpaired) electrons. The molecule has 2 aromatic heterocycles. The molecule has 0 amide bonds. The predicted octanol–water partition coefficient (Wildman–Crippen LogP) is 2.31. The topological polar surface area (TPSA) is 70.4 Å². The Balaban J connectivity index is 2.05. The van der Waals surface area contributed by atoms with Gasteiger partial charge in [-0.3, -0.25) is 14.2 Å². The lowest BCUT2D eigenvalue weighted by Crippen LogP contribution is -2.24. The van der Waals surface area contributed by atoms with Gasteiger partial charge in [-0.2, -0.15) is 0 Å². The number of carbonyl (C=O) groups is 1. The molecular formula is C16H14N2O4S. The molecule has 0 aliphatic heterocycles. The summed E-state index contributed by atoms with van der Waals surface area (Å²) in [6, 6.07) is 7.55. The quantitative estimate of drug-likeness (QED) is 0.687.